The fraction of sp³-hybridized carbons (Fsp3) is 0.632. The minimum Gasteiger partial charge on any atom is -0.460 e. The van der Waals surface area contributed by atoms with Gasteiger partial charge in [-0.25, -0.2) is 0 Å². The van der Waals surface area contributed by atoms with E-state index in [1.54, 1.807) is 40.8 Å². The van der Waals surface area contributed by atoms with E-state index in [1.165, 1.54) is 4.90 Å². The highest BCUT2D eigenvalue weighted by molar-refractivity contribution is 5.98. The molecule has 4 rings (SSSR count). The molecule has 0 spiro atoms. The number of fused-ring (bicyclic) bond motifs is 2. The number of carbonyl (C=O) groups is 6. The number of H-pyrrole nitrogens is 1. The number of rotatable bonds is 10. The number of nitrogens with one attached hydrogen (secondary N) is 5. The van der Waals surface area contributed by atoms with Crippen molar-refractivity contribution < 1.29 is 33.5 Å². The maximum atomic E-state index is 14.3. The van der Waals surface area contributed by atoms with Crippen LogP contribution in [0.2, 0.25) is 0 Å². The summed E-state index contributed by atoms with van der Waals surface area (Å²) >= 11 is 0. The van der Waals surface area contributed by atoms with Crippen LogP contribution in [0.15, 0.2) is 30.5 Å². The Hall–Kier alpha value is -4.42. The second-order valence-electron chi connectivity index (χ2n) is 15.6. The summed E-state index contributed by atoms with van der Waals surface area (Å²) in [4.78, 5) is 87.0. The number of unbranched alkanes of at least 4 members (excludes halogenated alkanes) is 1. The van der Waals surface area contributed by atoms with Crippen LogP contribution in [-0.4, -0.2) is 87.7 Å². The van der Waals surface area contributed by atoms with Gasteiger partial charge in [0.05, 0.1) is 0 Å². The number of aromatic nitrogens is 1. The highest BCUT2D eigenvalue weighted by Crippen LogP contribution is 2.23. The van der Waals surface area contributed by atoms with Gasteiger partial charge in [0.25, 0.3) is 0 Å². The van der Waals surface area contributed by atoms with Gasteiger partial charge in [-0.15, -0.1) is 0 Å². The molecular weight excluding hydrogens is 652 g/mol. The van der Waals surface area contributed by atoms with Gasteiger partial charge < -0.3 is 35.9 Å². The van der Waals surface area contributed by atoms with E-state index in [9.17, 15) is 28.8 Å². The predicted octanol–water partition coefficient (Wildman–Crippen LogP) is 3.26. The molecule has 5 N–H and O–H groups in total. The van der Waals surface area contributed by atoms with E-state index in [2.05, 4.69) is 26.3 Å². The number of esters is 1. The molecule has 5 atom stereocenters. The third kappa shape index (κ3) is 10.8. The predicted molar refractivity (Wildman–Crippen MR) is 193 cm³/mol. The van der Waals surface area contributed by atoms with Crippen LogP contribution < -0.4 is 21.3 Å². The molecule has 5 amide bonds. The molecule has 51 heavy (non-hydrogen) atoms. The summed E-state index contributed by atoms with van der Waals surface area (Å²) in [6.45, 7) is 13.2. The van der Waals surface area contributed by atoms with Crippen molar-refractivity contribution in [3.05, 3.63) is 36.0 Å². The Labute approximate surface area is 300 Å². The van der Waals surface area contributed by atoms with Crippen LogP contribution in [0.25, 0.3) is 10.9 Å². The number of aromatic amines is 1. The maximum absolute atomic E-state index is 14.3. The zero-order valence-corrected chi connectivity index (χ0v) is 31.1. The van der Waals surface area contributed by atoms with Gasteiger partial charge in [0.1, 0.15) is 35.8 Å². The molecule has 13 nitrogen and oxygen atoms in total. The van der Waals surface area contributed by atoms with Crippen LogP contribution in [0.4, 0.5) is 0 Å². The Bertz CT molecular complexity index is 1580. The highest BCUT2D eigenvalue weighted by Gasteiger charge is 2.41. The topological polar surface area (TPSA) is 179 Å². The smallest absolute Gasteiger partial charge is 0.306 e. The van der Waals surface area contributed by atoms with Crippen molar-refractivity contribution in [1.82, 2.24) is 31.2 Å². The summed E-state index contributed by atoms with van der Waals surface area (Å²) in [7, 11) is 0. The quantitative estimate of drug-likeness (QED) is 0.186. The fourth-order valence-electron chi connectivity index (χ4n) is 6.79. The molecule has 3 heterocycles. The Morgan fingerprint density at radius 1 is 0.863 bits per heavy atom. The summed E-state index contributed by atoms with van der Waals surface area (Å²) in [5.41, 5.74) is 1.04. The lowest BCUT2D eigenvalue weighted by atomic mass is 9.98. The van der Waals surface area contributed by atoms with Crippen molar-refractivity contribution in [2.45, 2.75) is 136 Å². The van der Waals surface area contributed by atoms with Crippen LogP contribution in [-0.2, 0) is 39.9 Å². The SMILES string of the molecule is CC(C)C[C@@H]1NC(=O)[C@@H](C(C)C)NC(=O)[C@@H]2CCCN2C(=O)[C@@H](CCCCC(=O)OC(C)(C)C)NC(=O)[C@@H](Cc2c[nH]c3ccccc23)NC1=O. The van der Waals surface area contributed by atoms with Gasteiger partial charge in [-0.05, 0) is 76.3 Å². The minimum absolute atomic E-state index is 0.0193. The standard InChI is InChI=1S/C38H56N6O7/c1-22(2)19-28-33(46)41-29(20-24-21-39-26-14-9-8-13-25(24)26)34(47)40-27(15-10-11-17-31(45)51-38(5,6)7)37(50)44-18-12-16-30(44)35(48)43-32(23(3)4)36(49)42-28/h8-9,13-14,21-23,27-30,32,39H,10-12,15-20H2,1-7H3,(H,40,47)(H,41,46)(H,42,49)(H,43,48)/t27-,28+,29-,30+,32-/m1/s1. The zero-order valence-electron chi connectivity index (χ0n) is 31.1. The summed E-state index contributed by atoms with van der Waals surface area (Å²) in [5, 5.41) is 12.4. The molecule has 2 aliphatic rings. The van der Waals surface area contributed by atoms with Gasteiger partial charge in [0.2, 0.25) is 29.5 Å². The van der Waals surface area contributed by atoms with E-state index in [4.69, 9.17) is 4.74 Å². The van der Waals surface area contributed by atoms with Gasteiger partial charge >= 0.3 is 5.97 Å². The number of amides is 5. The highest BCUT2D eigenvalue weighted by atomic mass is 16.6. The lowest BCUT2D eigenvalue weighted by Gasteiger charge is -2.31. The average molecular weight is 709 g/mol. The number of carbonyl (C=O) groups excluding carboxylic acids is 6. The average Bonchev–Trinajstić information content (AvgIpc) is 3.70. The molecule has 0 bridgehead atoms. The first-order chi connectivity index (χ1) is 24.0. The van der Waals surface area contributed by atoms with E-state index in [-0.39, 0.29) is 37.1 Å². The van der Waals surface area contributed by atoms with Crippen molar-refractivity contribution in [1.29, 1.82) is 0 Å². The molecule has 2 fully saturated rings. The third-order valence-corrected chi connectivity index (χ3v) is 9.32. The first-order valence-corrected chi connectivity index (χ1v) is 18.3. The Kier molecular flexibility index (Phi) is 13.3. The molecule has 2 aliphatic heterocycles. The Balaban J connectivity index is 1.70. The van der Waals surface area contributed by atoms with Crippen LogP contribution >= 0.6 is 0 Å². The van der Waals surface area contributed by atoms with Crippen molar-refractivity contribution in [3.63, 3.8) is 0 Å². The van der Waals surface area contributed by atoms with E-state index in [0.29, 0.717) is 38.6 Å². The number of benzene rings is 1. The fourth-order valence-corrected chi connectivity index (χ4v) is 6.79. The Morgan fingerprint density at radius 3 is 2.22 bits per heavy atom. The summed E-state index contributed by atoms with van der Waals surface area (Å²) in [6, 6.07) is 2.75. The normalized spacial score (nSPS) is 24.1. The molecule has 280 valence electrons. The van der Waals surface area contributed by atoms with Crippen LogP contribution in [0.5, 0.6) is 0 Å². The van der Waals surface area contributed by atoms with Gasteiger partial charge in [0.15, 0.2) is 0 Å². The molecular formula is C38H56N6O7. The number of nitrogens with zero attached hydrogens (tertiary/aromatic N) is 1. The monoisotopic (exact) mass is 708 g/mol. The molecule has 0 unspecified atom stereocenters. The van der Waals surface area contributed by atoms with Crippen LogP contribution in [0.3, 0.4) is 0 Å². The summed E-state index contributed by atoms with van der Waals surface area (Å²) < 4.78 is 5.43. The number of para-hydroxylation sites is 1. The van der Waals surface area contributed by atoms with Gasteiger partial charge in [-0.2, -0.15) is 0 Å². The first-order valence-electron chi connectivity index (χ1n) is 18.3. The molecule has 0 saturated carbocycles. The molecule has 13 heteroatoms. The number of hydrogen-bond donors (Lipinski definition) is 5. The molecule has 1 aromatic heterocycles. The first kappa shape index (κ1) is 39.4. The number of hydrogen-bond acceptors (Lipinski definition) is 7. The number of ether oxygens (including phenoxy) is 1. The summed E-state index contributed by atoms with van der Waals surface area (Å²) in [5.74, 6) is -3.14. The van der Waals surface area contributed by atoms with Crippen molar-refractivity contribution >= 4 is 46.4 Å². The van der Waals surface area contributed by atoms with E-state index in [0.717, 1.165) is 16.5 Å². The zero-order chi connectivity index (χ0) is 37.5. The van der Waals surface area contributed by atoms with Gasteiger partial charge in [0, 0.05) is 36.5 Å². The van der Waals surface area contributed by atoms with Gasteiger partial charge in [-0.1, -0.05) is 52.3 Å². The van der Waals surface area contributed by atoms with Crippen molar-refractivity contribution in [2.24, 2.45) is 11.8 Å². The van der Waals surface area contributed by atoms with Gasteiger partial charge in [-0.3, -0.25) is 28.8 Å². The molecule has 2 aromatic rings. The van der Waals surface area contributed by atoms with Crippen molar-refractivity contribution in [3.8, 4) is 0 Å². The molecule has 2 saturated heterocycles. The maximum Gasteiger partial charge on any atom is 0.306 e. The van der Waals surface area contributed by atoms with E-state index >= 15 is 0 Å². The largest absolute Gasteiger partial charge is 0.460 e. The molecule has 0 radical (unpaired) electrons. The summed E-state index contributed by atoms with van der Waals surface area (Å²) in [6.07, 6.45) is 4.40. The second kappa shape index (κ2) is 17.2. The van der Waals surface area contributed by atoms with Crippen molar-refractivity contribution in [2.75, 3.05) is 6.54 Å². The van der Waals surface area contributed by atoms with Crippen LogP contribution in [0.1, 0.15) is 99.0 Å². The molecule has 0 aliphatic carbocycles. The van der Waals surface area contributed by atoms with Crippen LogP contribution in [0, 0.1) is 11.8 Å². The third-order valence-electron chi connectivity index (χ3n) is 9.32. The Morgan fingerprint density at radius 2 is 1.53 bits per heavy atom. The molecule has 1 aromatic carbocycles. The van der Waals surface area contributed by atoms with E-state index in [1.807, 2.05) is 38.1 Å². The minimum atomic E-state index is -1.10. The lowest BCUT2D eigenvalue weighted by molar-refractivity contribution is -0.155. The van der Waals surface area contributed by atoms with E-state index < -0.39 is 65.3 Å². The lowest BCUT2D eigenvalue weighted by Crippen LogP contribution is -2.59. The second-order valence-corrected chi connectivity index (χ2v) is 15.6.